The quantitative estimate of drug-likeness (QED) is 0.802. The fraction of sp³-hybridized carbons (Fsp3) is 0.500. The molecule has 2 N–H and O–H groups in total. The Hall–Kier alpha value is -1.06. The topological polar surface area (TPSA) is 44.5 Å². The van der Waals surface area contributed by atoms with E-state index in [4.69, 9.17) is 15.2 Å². The van der Waals surface area contributed by atoms with Gasteiger partial charge in [0.1, 0.15) is 5.75 Å². The SMILES string of the molecule is COc1ccc2c(c1)CCC(OC)C2N. The standard InChI is InChI=1S/C12H17NO2/c1-14-9-4-5-10-8(7-9)3-6-11(15-2)12(10)13/h4-5,7,11-12H,3,6,13H2,1-2H3. The number of ether oxygens (including phenoxy) is 2. The molecule has 1 aromatic rings. The number of hydrogen-bond donors (Lipinski definition) is 1. The van der Waals surface area contributed by atoms with Crippen molar-refractivity contribution >= 4 is 0 Å². The zero-order chi connectivity index (χ0) is 10.8. The van der Waals surface area contributed by atoms with Gasteiger partial charge in [0.25, 0.3) is 0 Å². The summed E-state index contributed by atoms with van der Waals surface area (Å²) < 4.78 is 10.6. The normalized spacial score (nSPS) is 24.7. The Morgan fingerprint density at radius 1 is 1.33 bits per heavy atom. The molecular weight excluding hydrogens is 190 g/mol. The maximum atomic E-state index is 6.13. The average Bonchev–Trinajstić information content (AvgIpc) is 2.29. The molecule has 0 radical (unpaired) electrons. The second-order valence-corrected chi connectivity index (χ2v) is 3.90. The molecule has 1 aromatic carbocycles. The van der Waals surface area contributed by atoms with E-state index in [1.54, 1.807) is 14.2 Å². The van der Waals surface area contributed by atoms with E-state index in [1.807, 2.05) is 12.1 Å². The first-order valence-corrected chi connectivity index (χ1v) is 5.21. The summed E-state index contributed by atoms with van der Waals surface area (Å²) >= 11 is 0. The van der Waals surface area contributed by atoms with Crippen LogP contribution in [0, 0.1) is 0 Å². The predicted molar refractivity (Wildman–Crippen MR) is 59.0 cm³/mol. The van der Waals surface area contributed by atoms with Crippen LogP contribution in [0.1, 0.15) is 23.6 Å². The molecule has 0 aromatic heterocycles. The van der Waals surface area contributed by atoms with E-state index < -0.39 is 0 Å². The van der Waals surface area contributed by atoms with Gasteiger partial charge in [-0.3, -0.25) is 0 Å². The predicted octanol–water partition coefficient (Wildman–Crippen LogP) is 1.66. The zero-order valence-electron chi connectivity index (χ0n) is 9.19. The first kappa shape index (κ1) is 10.5. The van der Waals surface area contributed by atoms with E-state index in [0.717, 1.165) is 18.6 Å². The van der Waals surface area contributed by atoms with Gasteiger partial charge in [-0.05, 0) is 36.1 Å². The Bertz CT molecular complexity index is 351. The largest absolute Gasteiger partial charge is 0.497 e. The molecule has 0 saturated carbocycles. The molecule has 1 aliphatic carbocycles. The van der Waals surface area contributed by atoms with Crippen molar-refractivity contribution in [1.82, 2.24) is 0 Å². The molecule has 1 aliphatic rings. The van der Waals surface area contributed by atoms with Crippen LogP contribution in [0.2, 0.25) is 0 Å². The lowest BCUT2D eigenvalue weighted by Gasteiger charge is -2.30. The summed E-state index contributed by atoms with van der Waals surface area (Å²) in [6.45, 7) is 0. The average molecular weight is 207 g/mol. The fourth-order valence-electron chi connectivity index (χ4n) is 2.19. The number of hydrogen-bond acceptors (Lipinski definition) is 3. The van der Waals surface area contributed by atoms with Crippen molar-refractivity contribution in [3.63, 3.8) is 0 Å². The number of nitrogens with two attached hydrogens (primary N) is 1. The molecule has 0 spiro atoms. The maximum absolute atomic E-state index is 6.13. The van der Waals surface area contributed by atoms with Crippen LogP contribution in [0.15, 0.2) is 18.2 Å². The molecule has 0 heterocycles. The zero-order valence-corrected chi connectivity index (χ0v) is 9.19. The summed E-state index contributed by atoms with van der Waals surface area (Å²) in [6.07, 6.45) is 2.14. The van der Waals surface area contributed by atoms with Crippen molar-refractivity contribution in [3.8, 4) is 5.75 Å². The Kier molecular flexibility index (Phi) is 2.93. The molecule has 0 fully saturated rings. The van der Waals surface area contributed by atoms with E-state index in [0.29, 0.717) is 0 Å². The summed E-state index contributed by atoms with van der Waals surface area (Å²) in [5, 5.41) is 0. The Morgan fingerprint density at radius 3 is 2.80 bits per heavy atom. The first-order valence-electron chi connectivity index (χ1n) is 5.21. The van der Waals surface area contributed by atoms with Crippen LogP contribution in [0.25, 0.3) is 0 Å². The minimum atomic E-state index is -0.00958. The highest BCUT2D eigenvalue weighted by Gasteiger charge is 2.26. The van der Waals surface area contributed by atoms with Crippen molar-refractivity contribution < 1.29 is 9.47 Å². The highest BCUT2D eigenvalue weighted by Crippen LogP contribution is 2.32. The van der Waals surface area contributed by atoms with E-state index >= 15 is 0 Å². The van der Waals surface area contributed by atoms with Gasteiger partial charge in [-0.25, -0.2) is 0 Å². The van der Waals surface area contributed by atoms with Crippen LogP contribution in [0.5, 0.6) is 5.75 Å². The van der Waals surface area contributed by atoms with Crippen molar-refractivity contribution in [2.45, 2.75) is 25.0 Å². The lowest BCUT2D eigenvalue weighted by atomic mass is 9.86. The van der Waals surface area contributed by atoms with Gasteiger partial charge in [0.15, 0.2) is 0 Å². The molecule has 2 unspecified atom stereocenters. The molecular formula is C12H17NO2. The number of aryl methyl sites for hydroxylation is 1. The number of methoxy groups -OCH3 is 2. The van der Waals surface area contributed by atoms with Crippen molar-refractivity contribution in [2.24, 2.45) is 5.73 Å². The van der Waals surface area contributed by atoms with Crippen LogP contribution in [0.3, 0.4) is 0 Å². The Labute approximate surface area is 90.2 Å². The number of fused-ring (bicyclic) bond motifs is 1. The molecule has 82 valence electrons. The molecule has 0 bridgehead atoms. The summed E-state index contributed by atoms with van der Waals surface area (Å²) in [7, 11) is 3.40. The van der Waals surface area contributed by atoms with Gasteiger partial charge in [0.2, 0.25) is 0 Å². The third kappa shape index (κ3) is 1.85. The highest BCUT2D eigenvalue weighted by molar-refractivity contribution is 5.39. The molecule has 0 amide bonds. The third-order valence-electron chi connectivity index (χ3n) is 3.11. The van der Waals surface area contributed by atoms with Crippen LogP contribution < -0.4 is 10.5 Å². The van der Waals surface area contributed by atoms with Gasteiger partial charge < -0.3 is 15.2 Å². The van der Waals surface area contributed by atoms with Crippen LogP contribution in [0.4, 0.5) is 0 Å². The Balaban J connectivity index is 2.33. The van der Waals surface area contributed by atoms with Crippen molar-refractivity contribution in [3.05, 3.63) is 29.3 Å². The molecule has 15 heavy (non-hydrogen) atoms. The molecule has 3 heteroatoms. The van der Waals surface area contributed by atoms with Crippen LogP contribution >= 0.6 is 0 Å². The highest BCUT2D eigenvalue weighted by atomic mass is 16.5. The van der Waals surface area contributed by atoms with Gasteiger partial charge in [-0.1, -0.05) is 6.07 Å². The fourth-order valence-corrected chi connectivity index (χ4v) is 2.19. The third-order valence-corrected chi connectivity index (χ3v) is 3.11. The van der Waals surface area contributed by atoms with E-state index in [-0.39, 0.29) is 12.1 Å². The molecule has 0 saturated heterocycles. The minimum absolute atomic E-state index is 0.00958. The lowest BCUT2D eigenvalue weighted by Crippen LogP contribution is -2.32. The summed E-state index contributed by atoms with van der Waals surface area (Å²) in [5.41, 5.74) is 8.60. The van der Waals surface area contributed by atoms with E-state index in [1.165, 1.54) is 11.1 Å². The Morgan fingerprint density at radius 2 is 2.13 bits per heavy atom. The maximum Gasteiger partial charge on any atom is 0.119 e. The van der Waals surface area contributed by atoms with Gasteiger partial charge in [0, 0.05) is 7.11 Å². The second-order valence-electron chi connectivity index (χ2n) is 3.90. The second kappa shape index (κ2) is 4.21. The van der Waals surface area contributed by atoms with E-state index in [2.05, 4.69) is 6.07 Å². The van der Waals surface area contributed by atoms with Gasteiger partial charge in [-0.15, -0.1) is 0 Å². The minimum Gasteiger partial charge on any atom is -0.497 e. The first-order chi connectivity index (χ1) is 7.26. The summed E-state index contributed by atoms with van der Waals surface area (Å²) in [5.74, 6) is 0.900. The van der Waals surface area contributed by atoms with E-state index in [9.17, 15) is 0 Å². The molecule has 0 aliphatic heterocycles. The smallest absolute Gasteiger partial charge is 0.119 e. The van der Waals surface area contributed by atoms with Gasteiger partial charge in [0.05, 0.1) is 19.3 Å². The van der Waals surface area contributed by atoms with Gasteiger partial charge in [-0.2, -0.15) is 0 Å². The summed E-state index contributed by atoms with van der Waals surface area (Å²) in [4.78, 5) is 0. The lowest BCUT2D eigenvalue weighted by molar-refractivity contribution is 0.0678. The molecule has 2 rings (SSSR count). The summed E-state index contributed by atoms with van der Waals surface area (Å²) in [6, 6.07) is 6.06. The van der Waals surface area contributed by atoms with Gasteiger partial charge >= 0.3 is 0 Å². The van der Waals surface area contributed by atoms with Crippen LogP contribution in [-0.2, 0) is 11.2 Å². The van der Waals surface area contributed by atoms with Crippen LogP contribution in [-0.4, -0.2) is 20.3 Å². The number of benzene rings is 1. The van der Waals surface area contributed by atoms with Crippen molar-refractivity contribution in [2.75, 3.05) is 14.2 Å². The molecule has 2 atom stereocenters. The van der Waals surface area contributed by atoms with Crippen molar-refractivity contribution in [1.29, 1.82) is 0 Å². The number of rotatable bonds is 2. The monoisotopic (exact) mass is 207 g/mol. The molecule has 3 nitrogen and oxygen atoms in total.